The Morgan fingerprint density at radius 1 is 0.921 bits per heavy atom. The third-order valence-corrected chi connectivity index (χ3v) is 7.46. The van der Waals surface area contributed by atoms with Crippen molar-refractivity contribution in [2.24, 2.45) is 0 Å². The van der Waals surface area contributed by atoms with Crippen LogP contribution in [0.15, 0.2) is 84.9 Å². The fourth-order valence-electron chi connectivity index (χ4n) is 5.18. The van der Waals surface area contributed by atoms with Crippen molar-refractivity contribution in [3.8, 4) is 0 Å². The van der Waals surface area contributed by atoms with Gasteiger partial charge < -0.3 is 10.0 Å². The third-order valence-electron chi connectivity index (χ3n) is 7.23. The summed E-state index contributed by atoms with van der Waals surface area (Å²) in [5, 5.41) is 13.1. The van der Waals surface area contributed by atoms with Crippen LogP contribution in [-0.2, 0) is 9.63 Å². The van der Waals surface area contributed by atoms with Crippen LogP contribution in [0.5, 0.6) is 0 Å². The topological polar surface area (TPSA) is 56.3 Å². The molecule has 1 fully saturated rings. The number of rotatable bonds is 9. The number of halogens is 1. The highest BCUT2D eigenvalue weighted by Gasteiger charge is 2.26. The summed E-state index contributed by atoms with van der Waals surface area (Å²) in [4.78, 5) is 23.4. The maximum absolute atomic E-state index is 13.3. The zero-order valence-corrected chi connectivity index (χ0v) is 22.2. The molecule has 0 spiro atoms. The third kappa shape index (κ3) is 6.63. The number of benzene rings is 3. The fraction of sp³-hybridized carbons (Fsp3) is 0.323. The van der Waals surface area contributed by atoms with E-state index in [9.17, 15) is 9.90 Å². The molecule has 3 aromatic rings. The molecule has 2 aliphatic rings. The molecule has 6 nitrogen and oxygen atoms in total. The van der Waals surface area contributed by atoms with Crippen LogP contribution >= 0.6 is 11.6 Å². The van der Waals surface area contributed by atoms with Gasteiger partial charge in [0, 0.05) is 55.6 Å². The lowest BCUT2D eigenvalue weighted by molar-refractivity contribution is -0.133. The van der Waals surface area contributed by atoms with E-state index < -0.39 is 6.10 Å². The monoisotopic (exact) mass is 531 g/mol. The number of aliphatic hydroxyl groups excluding tert-OH is 1. The summed E-state index contributed by atoms with van der Waals surface area (Å²) >= 11 is 6.17. The molecule has 1 amide bonds. The maximum Gasteiger partial charge on any atom is 0.223 e. The van der Waals surface area contributed by atoms with Crippen molar-refractivity contribution in [3.05, 3.63) is 107 Å². The van der Waals surface area contributed by atoms with E-state index in [4.69, 9.17) is 16.4 Å². The molecule has 1 saturated heterocycles. The quantitative estimate of drug-likeness (QED) is 0.428. The first-order valence-corrected chi connectivity index (χ1v) is 13.6. The van der Waals surface area contributed by atoms with E-state index >= 15 is 0 Å². The Hall–Kier alpha value is -3.16. The van der Waals surface area contributed by atoms with Gasteiger partial charge in [-0.25, -0.2) is 5.06 Å². The SMILES string of the molecule is O=C(CC(c1ccccc1)c1ccccc1)N1CCN(CC(O)CON2CC=Cc3ccc(Cl)cc32)CC1. The maximum atomic E-state index is 13.3. The van der Waals surface area contributed by atoms with Crippen molar-refractivity contribution >= 4 is 29.3 Å². The predicted molar refractivity (Wildman–Crippen MR) is 152 cm³/mol. The van der Waals surface area contributed by atoms with Crippen LogP contribution < -0.4 is 5.06 Å². The van der Waals surface area contributed by atoms with E-state index in [1.807, 2.05) is 71.6 Å². The van der Waals surface area contributed by atoms with Gasteiger partial charge in [0.1, 0.15) is 6.61 Å². The van der Waals surface area contributed by atoms with Gasteiger partial charge in [-0.05, 0) is 23.3 Å². The normalized spacial score (nSPS) is 16.5. The van der Waals surface area contributed by atoms with Crippen LogP contribution in [0, 0.1) is 0 Å². The molecule has 2 heterocycles. The van der Waals surface area contributed by atoms with Gasteiger partial charge in [-0.3, -0.25) is 14.5 Å². The molecule has 38 heavy (non-hydrogen) atoms. The summed E-state index contributed by atoms with van der Waals surface area (Å²) in [5.74, 6) is 0.202. The lowest BCUT2D eigenvalue weighted by Gasteiger charge is -2.36. The van der Waals surface area contributed by atoms with E-state index in [2.05, 4.69) is 29.2 Å². The number of hydrogen-bond acceptors (Lipinski definition) is 5. The molecule has 0 aliphatic carbocycles. The van der Waals surface area contributed by atoms with Gasteiger partial charge in [0.2, 0.25) is 5.91 Å². The van der Waals surface area contributed by atoms with Crippen molar-refractivity contribution in [1.29, 1.82) is 0 Å². The largest absolute Gasteiger partial charge is 0.389 e. The second-order valence-corrected chi connectivity index (χ2v) is 10.3. The second kappa shape index (κ2) is 12.6. The highest BCUT2D eigenvalue weighted by molar-refractivity contribution is 6.31. The molecule has 3 aromatic carbocycles. The molecular formula is C31H34ClN3O3. The first kappa shape index (κ1) is 26.4. The predicted octanol–water partition coefficient (Wildman–Crippen LogP) is 4.83. The number of hydroxylamine groups is 1. The summed E-state index contributed by atoms with van der Waals surface area (Å²) < 4.78 is 0. The summed E-state index contributed by atoms with van der Waals surface area (Å²) in [6, 6.07) is 26.2. The van der Waals surface area contributed by atoms with Gasteiger partial charge in [-0.1, -0.05) is 90.5 Å². The molecule has 7 heteroatoms. The van der Waals surface area contributed by atoms with Crippen LogP contribution in [0.25, 0.3) is 6.08 Å². The number of nitrogens with zero attached hydrogens (tertiary/aromatic N) is 3. The molecular weight excluding hydrogens is 498 g/mol. The van der Waals surface area contributed by atoms with E-state index in [0.29, 0.717) is 37.6 Å². The van der Waals surface area contributed by atoms with E-state index in [0.717, 1.165) is 35.5 Å². The number of aliphatic hydroxyl groups is 1. The standard InChI is InChI=1S/C31H34ClN3O3/c32-27-14-13-26-12-7-15-35(30(26)20-27)38-23-28(36)22-33-16-18-34(19-17-33)31(37)21-29(24-8-3-1-4-9-24)25-10-5-2-6-11-25/h1-14,20,28-29,36H,15-19,21-23H2. The van der Waals surface area contributed by atoms with Crippen LogP contribution in [0.3, 0.4) is 0 Å². The fourth-order valence-corrected chi connectivity index (χ4v) is 5.35. The average molecular weight is 532 g/mol. The molecule has 198 valence electrons. The number of carbonyl (C=O) groups excluding carboxylic acids is 1. The Labute approximate surface area is 229 Å². The molecule has 5 rings (SSSR count). The molecule has 0 saturated carbocycles. The van der Waals surface area contributed by atoms with Crippen LogP contribution in [-0.4, -0.2) is 72.8 Å². The summed E-state index contributed by atoms with van der Waals surface area (Å²) in [5.41, 5.74) is 4.26. The number of anilines is 1. The molecule has 0 aromatic heterocycles. The minimum absolute atomic E-state index is 0.0338. The molecule has 0 bridgehead atoms. The Morgan fingerprint density at radius 3 is 2.24 bits per heavy atom. The summed E-state index contributed by atoms with van der Waals surface area (Å²) in [7, 11) is 0. The molecule has 2 aliphatic heterocycles. The number of β-amino-alcohol motifs (C(OH)–C–C–N with tert-alkyl or cyclic N) is 1. The van der Waals surface area contributed by atoms with Gasteiger partial charge in [0.25, 0.3) is 0 Å². The van der Waals surface area contributed by atoms with Crippen molar-refractivity contribution in [3.63, 3.8) is 0 Å². The molecule has 1 atom stereocenters. The van der Waals surface area contributed by atoms with Crippen molar-refractivity contribution in [1.82, 2.24) is 9.80 Å². The highest BCUT2D eigenvalue weighted by Crippen LogP contribution is 2.30. The first-order chi connectivity index (χ1) is 18.6. The molecule has 0 radical (unpaired) electrons. The molecule has 1 N–H and O–H groups in total. The Balaban J connectivity index is 1.10. The summed E-state index contributed by atoms with van der Waals surface area (Å²) in [6.45, 7) is 4.08. The van der Waals surface area contributed by atoms with E-state index in [1.165, 1.54) is 0 Å². The summed E-state index contributed by atoms with van der Waals surface area (Å²) in [6.07, 6.45) is 3.88. The van der Waals surface area contributed by atoms with E-state index in [1.54, 1.807) is 5.06 Å². The minimum atomic E-state index is -0.633. The van der Waals surface area contributed by atoms with Gasteiger partial charge in [0.15, 0.2) is 0 Å². The van der Waals surface area contributed by atoms with Gasteiger partial charge in [0.05, 0.1) is 18.3 Å². The van der Waals surface area contributed by atoms with Crippen molar-refractivity contribution in [2.75, 3.05) is 50.9 Å². The number of piperazine rings is 1. The zero-order chi connectivity index (χ0) is 26.3. The van der Waals surface area contributed by atoms with Crippen molar-refractivity contribution < 1.29 is 14.7 Å². The Bertz CT molecular complexity index is 1190. The van der Waals surface area contributed by atoms with Gasteiger partial charge in [-0.15, -0.1) is 0 Å². The number of hydrogen-bond donors (Lipinski definition) is 1. The zero-order valence-electron chi connectivity index (χ0n) is 21.5. The lowest BCUT2D eigenvalue weighted by atomic mass is 9.88. The van der Waals surface area contributed by atoms with Crippen molar-refractivity contribution in [2.45, 2.75) is 18.4 Å². The Morgan fingerprint density at radius 2 is 1.58 bits per heavy atom. The van der Waals surface area contributed by atoms with Gasteiger partial charge >= 0.3 is 0 Å². The minimum Gasteiger partial charge on any atom is -0.389 e. The number of carbonyl (C=O) groups is 1. The average Bonchev–Trinajstić information content (AvgIpc) is 2.96. The van der Waals surface area contributed by atoms with Crippen LogP contribution in [0.4, 0.5) is 5.69 Å². The van der Waals surface area contributed by atoms with Crippen LogP contribution in [0.2, 0.25) is 5.02 Å². The van der Waals surface area contributed by atoms with Crippen LogP contribution in [0.1, 0.15) is 29.0 Å². The van der Waals surface area contributed by atoms with E-state index in [-0.39, 0.29) is 18.4 Å². The Kier molecular flexibility index (Phi) is 8.76. The second-order valence-electron chi connectivity index (χ2n) is 9.88. The number of amides is 1. The first-order valence-electron chi connectivity index (χ1n) is 13.2. The highest BCUT2D eigenvalue weighted by atomic mass is 35.5. The lowest BCUT2D eigenvalue weighted by Crippen LogP contribution is -2.51. The number of fused-ring (bicyclic) bond motifs is 1. The van der Waals surface area contributed by atoms with Gasteiger partial charge in [-0.2, -0.15) is 0 Å². The molecule has 1 unspecified atom stereocenters. The smallest absolute Gasteiger partial charge is 0.223 e.